The minimum Gasteiger partial charge on any atom is -0.370 e. The number of imide groups is 2. The van der Waals surface area contributed by atoms with Gasteiger partial charge in [-0.05, 0) is 36.4 Å². The maximum Gasteiger partial charge on any atom is 0.235 e. The van der Waals surface area contributed by atoms with Crippen LogP contribution in [0, 0.1) is 35.5 Å². The van der Waals surface area contributed by atoms with Gasteiger partial charge < -0.3 is 9.47 Å². The third-order valence-corrected chi connectivity index (χ3v) is 15.4. The zero-order valence-corrected chi connectivity index (χ0v) is 34.2. The molecular formula is C44H32Cl4N6O6. The lowest BCUT2D eigenvalue weighted by atomic mass is 9.70. The van der Waals surface area contributed by atoms with E-state index in [1.807, 2.05) is 82.8 Å². The third kappa shape index (κ3) is 4.88. The molecule has 8 aliphatic rings. The minimum absolute atomic E-state index is 0.135. The van der Waals surface area contributed by atoms with Crippen molar-refractivity contribution in [2.75, 3.05) is 23.1 Å². The molecule has 0 spiro atoms. The lowest BCUT2D eigenvalue weighted by Gasteiger charge is -2.32. The topological polar surface area (TPSA) is 124 Å². The molecule has 8 aliphatic heterocycles. The van der Waals surface area contributed by atoms with E-state index in [1.54, 1.807) is 24.3 Å². The molecule has 4 amide bonds. The van der Waals surface area contributed by atoms with Gasteiger partial charge in [0.15, 0.2) is 0 Å². The second-order valence-electron chi connectivity index (χ2n) is 16.5. The Kier molecular flexibility index (Phi) is 8.22. The van der Waals surface area contributed by atoms with Crippen LogP contribution in [0.3, 0.4) is 0 Å². The zero-order valence-electron chi connectivity index (χ0n) is 31.2. The predicted molar refractivity (Wildman–Crippen MR) is 223 cm³/mol. The summed E-state index contributed by atoms with van der Waals surface area (Å²) in [6, 6.07) is 29.1. The fourth-order valence-electron chi connectivity index (χ4n) is 11.5. The Morgan fingerprint density at radius 3 is 1.20 bits per heavy atom. The Morgan fingerprint density at radius 2 is 0.817 bits per heavy atom. The number of para-hydroxylation sites is 2. The highest BCUT2D eigenvalue weighted by Gasteiger charge is 2.74. The number of rotatable bonds is 7. The van der Waals surface area contributed by atoms with E-state index in [-0.39, 0.29) is 60.6 Å². The molecule has 0 unspecified atom stereocenters. The highest BCUT2D eigenvalue weighted by molar-refractivity contribution is 6.45. The van der Waals surface area contributed by atoms with Crippen molar-refractivity contribution in [3.63, 3.8) is 0 Å². The van der Waals surface area contributed by atoms with Gasteiger partial charge >= 0.3 is 0 Å². The molecule has 12 atom stereocenters. The van der Waals surface area contributed by atoms with Crippen LogP contribution >= 0.6 is 46.4 Å². The van der Waals surface area contributed by atoms with Crippen molar-refractivity contribution in [3.05, 3.63) is 128 Å². The SMILES string of the molecule is O=C1[C@@H]2[C@@H]3O[C@H]([C@@H]2C(=O)N1CCN1C(=O)[C@@H]2[C@@H]4O[C@H]([C@@H]2C1=O)[C@@H]1[C@H]4C(c2cccc(Cl)c2Cl)=NN1c1ccccc1)[C@@H]1[C@H]3C(c2cccc(Cl)c2Cl)=NN1c1ccccc1. The number of carbonyl (C=O) groups excluding carboxylic acids is 4. The first-order chi connectivity index (χ1) is 29.1. The van der Waals surface area contributed by atoms with Gasteiger partial charge in [-0.25, -0.2) is 0 Å². The molecular weight excluding hydrogens is 850 g/mol. The first-order valence-corrected chi connectivity index (χ1v) is 21.4. The molecule has 0 N–H and O–H groups in total. The summed E-state index contributed by atoms with van der Waals surface area (Å²) in [5, 5.41) is 15.3. The number of benzene rings is 4. The van der Waals surface area contributed by atoms with Crippen LogP contribution in [-0.4, -0.2) is 94.4 Å². The summed E-state index contributed by atoms with van der Waals surface area (Å²) in [5.41, 5.74) is 4.17. The van der Waals surface area contributed by atoms with Crippen molar-refractivity contribution >= 4 is 92.8 Å². The zero-order chi connectivity index (χ0) is 40.9. The maximum atomic E-state index is 14.4. The number of carbonyl (C=O) groups is 4. The molecule has 12 nitrogen and oxygen atoms in total. The lowest BCUT2D eigenvalue weighted by Crippen LogP contribution is -2.50. The molecule has 60 heavy (non-hydrogen) atoms. The number of halogens is 4. The van der Waals surface area contributed by atoms with Crippen LogP contribution in [0.25, 0.3) is 0 Å². The second kappa shape index (κ2) is 13.3. The first-order valence-electron chi connectivity index (χ1n) is 19.9. The van der Waals surface area contributed by atoms with E-state index in [4.69, 9.17) is 66.1 Å². The monoisotopic (exact) mass is 880 g/mol. The molecule has 4 aromatic rings. The van der Waals surface area contributed by atoms with Gasteiger partial charge in [0.05, 0.1) is 115 Å². The van der Waals surface area contributed by atoms with Crippen LogP contribution in [0.4, 0.5) is 11.4 Å². The molecule has 0 aliphatic carbocycles. The summed E-state index contributed by atoms with van der Waals surface area (Å²) in [5.74, 6) is -5.36. The van der Waals surface area contributed by atoms with E-state index in [0.717, 1.165) is 11.4 Å². The third-order valence-electron chi connectivity index (χ3n) is 13.8. The van der Waals surface area contributed by atoms with Crippen molar-refractivity contribution in [1.82, 2.24) is 9.80 Å². The average molecular weight is 883 g/mol. The molecule has 6 saturated heterocycles. The van der Waals surface area contributed by atoms with E-state index in [0.29, 0.717) is 42.6 Å². The highest BCUT2D eigenvalue weighted by atomic mass is 35.5. The van der Waals surface area contributed by atoms with Gasteiger partial charge in [-0.2, -0.15) is 10.2 Å². The van der Waals surface area contributed by atoms with E-state index in [2.05, 4.69) is 0 Å². The number of amides is 4. The largest absolute Gasteiger partial charge is 0.370 e. The molecule has 0 aromatic heterocycles. The molecule has 12 rings (SSSR count). The molecule has 8 heterocycles. The Labute approximate surface area is 363 Å². The van der Waals surface area contributed by atoms with Crippen molar-refractivity contribution in [1.29, 1.82) is 0 Å². The van der Waals surface area contributed by atoms with E-state index >= 15 is 0 Å². The van der Waals surface area contributed by atoms with Gasteiger partial charge in [-0.3, -0.25) is 39.0 Å². The molecule has 4 aromatic carbocycles. The summed E-state index contributed by atoms with van der Waals surface area (Å²) in [6.07, 6.45) is -2.62. The van der Waals surface area contributed by atoms with Crippen LogP contribution in [-0.2, 0) is 28.7 Å². The van der Waals surface area contributed by atoms with Crippen LogP contribution in [0.15, 0.2) is 107 Å². The van der Waals surface area contributed by atoms with Gasteiger partial charge in [0.2, 0.25) is 23.6 Å². The van der Waals surface area contributed by atoms with Crippen LogP contribution < -0.4 is 10.0 Å². The Bertz CT molecular complexity index is 2450. The van der Waals surface area contributed by atoms with Crippen molar-refractivity contribution < 1.29 is 28.7 Å². The number of ether oxygens (including phenoxy) is 2. The summed E-state index contributed by atoms with van der Waals surface area (Å²) >= 11 is 26.4. The van der Waals surface area contributed by atoms with Crippen molar-refractivity contribution in [2.24, 2.45) is 45.7 Å². The van der Waals surface area contributed by atoms with Gasteiger partial charge in [0.25, 0.3) is 0 Å². The van der Waals surface area contributed by atoms with E-state index < -0.39 is 48.1 Å². The van der Waals surface area contributed by atoms with Crippen molar-refractivity contribution in [2.45, 2.75) is 36.5 Å². The maximum absolute atomic E-state index is 14.4. The molecule has 6 fully saturated rings. The van der Waals surface area contributed by atoms with Gasteiger partial charge in [-0.1, -0.05) is 107 Å². The molecule has 302 valence electrons. The van der Waals surface area contributed by atoms with Gasteiger partial charge in [0, 0.05) is 24.2 Å². The van der Waals surface area contributed by atoms with Gasteiger partial charge in [0.1, 0.15) is 0 Å². The van der Waals surface area contributed by atoms with Crippen LogP contribution in [0.2, 0.25) is 20.1 Å². The number of nitrogens with zero attached hydrogens (tertiary/aromatic N) is 6. The molecule has 0 radical (unpaired) electrons. The predicted octanol–water partition coefficient (Wildman–Crippen LogP) is 6.18. The second-order valence-corrected chi connectivity index (χ2v) is 18.0. The minimum atomic E-state index is -0.768. The fraction of sp³-hybridized carbons (Fsp3) is 0.318. The van der Waals surface area contributed by atoms with E-state index in [9.17, 15) is 19.2 Å². The number of hydrogen-bond acceptors (Lipinski definition) is 10. The number of anilines is 2. The number of hydrogen-bond donors (Lipinski definition) is 0. The Balaban J connectivity index is 0.818. The summed E-state index contributed by atoms with van der Waals surface area (Å²) in [7, 11) is 0. The number of hydrazone groups is 2. The fourth-order valence-corrected chi connectivity index (χ4v) is 12.3. The highest BCUT2D eigenvalue weighted by Crippen LogP contribution is 2.58. The van der Waals surface area contributed by atoms with Gasteiger partial charge in [-0.15, -0.1) is 0 Å². The molecule has 0 saturated carbocycles. The first kappa shape index (κ1) is 37.0. The Morgan fingerprint density at radius 1 is 0.450 bits per heavy atom. The van der Waals surface area contributed by atoms with Crippen molar-refractivity contribution in [3.8, 4) is 0 Å². The quantitative estimate of drug-likeness (QED) is 0.202. The lowest BCUT2D eigenvalue weighted by molar-refractivity contribution is -0.148. The summed E-state index contributed by atoms with van der Waals surface area (Å²) in [6.45, 7) is -0.270. The summed E-state index contributed by atoms with van der Waals surface area (Å²) < 4.78 is 13.1. The Hall–Kier alpha value is -4.82. The standard InChI is InChI=1S/C44H32Cl4N6O6/c45-23-15-7-13-21(31(23)47)33-29-35(53(49-33)19-9-3-1-4-10-19)39-27-25(37(29)59-39)41(55)51(43(27)57)17-18-52-42(56)26-28(44(52)58)40-36-30(38(26)60-40)34(22-14-8-16-24(46)32(22)48)50-54(36)20-11-5-2-6-12-20/h1-16,25-30,35-40H,17-18H2/t25-,26-,27+,28+,29+,30+,35-,36-,37-,38-,39+,40+/m0/s1. The van der Waals surface area contributed by atoms with Crippen LogP contribution in [0.5, 0.6) is 0 Å². The molecule has 4 bridgehead atoms. The summed E-state index contributed by atoms with van der Waals surface area (Å²) in [4.78, 5) is 59.9. The molecule has 16 heteroatoms. The number of fused-ring (bicyclic) bond motifs is 16. The smallest absolute Gasteiger partial charge is 0.235 e. The average Bonchev–Trinajstić information content (AvgIpc) is 4.14. The van der Waals surface area contributed by atoms with Crippen LogP contribution in [0.1, 0.15) is 11.1 Å². The number of likely N-dealkylation sites (tertiary alicyclic amines) is 2. The van der Waals surface area contributed by atoms with E-state index in [1.165, 1.54) is 9.80 Å². The normalized spacial score (nSPS) is 34.2.